The van der Waals surface area contributed by atoms with Gasteiger partial charge < -0.3 is 9.88 Å². The van der Waals surface area contributed by atoms with Gasteiger partial charge in [0.25, 0.3) is 0 Å². The molecule has 8 heteroatoms. The lowest BCUT2D eigenvalue weighted by atomic mass is 10.4. The van der Waals surface area contributed by atoms with E-state index in [2.05, 4.69) is 25.5 Å². The zero-order valence-electron chi connectivity index (χ0n) is 8.85. The third kappa shape index (κ3) is 3.54. The van der Waals surface area contributed by atoms with Crippen molar-refractivity contribution < 1.29 is 0 Å². The van der Waals surface area contributed by atoms with Crippen LogP contribution in [0.4, 0.5) is 5.82 Å². The van der Waals surface area contributed by atoms with Gasteiger partial charge in [0.05, 0.1) is 6.33 Å². The highest BCUT2D eigenvalue weighted by Gasteiger charge is 2.04. The molecule has 6 nitrogen and oxygen atoms in total. The number of anilines is 1. The number of aromatic nitrogens is 5. The van der Waals surface area contributed by atoms with E-state index >= 15 is 0 Å². The van der Waals surface area contributed by atoms with Crippen LogP contribution in [0.5, 0.6) is 0 Å². The second kappa shape index (κ2) is 5.79. The van der Waals surface area contributed by atoms with E-state index in [-0.39, 0.29) is 10.4 Å². The van der Waals surface area contributed by atoms with Crippen molar-refractivity contribution in [3.8, 4) is 0 Å². The summed E-state index contributed by atoms with van der Waals surface area (Å²) in [5.41, 5.74) is 0. The summed E-state index contributed by atoms with van der Waals surface area (Å²) in [6.07, 6.45) is 6.35. The van der Waals surface area contributed by atoms with Crippen molar-refractivity contribution in [2.24, 2.45) is 0 Å². The van der Waals surface area contributed by atoms with Gasteiger partial charge in [0.15, 0.2) is 11.0 Å². The van der Waals surface area contributed by atoms with Gasteiger partial charge in [0, 0.05) is 25.5 Å². The zero-order chi connectivity index (χ0) is 12.1. The predicted molar refractivity (Wildman–Crippen MR) is 65.2 cm³/mol. The first kappa shape index (κ1) is 12.1. The lowest BCUT2D eigenvalue weighted by Gasteiger charge is -2.06. The van der Waals surface area contributed by atoms with Gasteiger partial charge >= 0.3 is 0 Å². The Morgan fingerprint density at radius 3 is 2.94 bits per heavy atom. The first-order valence-corrected chi connectivity index (χ1v) is 5.76. The zero-order valence-corrected chi connectivity index (χ0v) is 10.4. The molecule has 2 rings (SSSR count). The normalized spacial score (nSPS) is 10.5. The van der Waals surface area contributed by atoms with Gasteiger partial charge in [-0.2, -0.15) is 4.98 Å². The van der Waals surface area contributed by atoms with Crippen molar-refractivity contribution in [1.82, 2.24) is 24.7 Å². The Kier molecular flexibility index (Phi) is 4.11. The summed E-state index contributed by atoms with van der Waals surface area (Å²) in [5.74, 6) is 0.456. The van der Waals surface area contributed by atoms with Crippen molar-refractivity contribution in [3.05, 3.63) is 29.2 Å². The van der Waals surface area contributed by atoms with Crippen LogP contribution in [0.15, 0.2) is 18.7 Å². The molecule has 1 N–H and O–H groups in total. The molecule has 0 saturated carbocycles. The highest BCUT2D eigenvalue weighted by atomic mass is 35.5. The number of hydrogen-bond donors (Lipinski definition) is 1. The lowest BCUT2D eigenvalue weighted by Crippen LogP contribution is -2.08. The highest BCUT2D eigenvalue weighted by molar-refractivity contribution is 6.32. The quantitative estimate of drug-likeness (QED) is 0.842. The third-order valence-electron chi connectivity index (χ3n) is 2.06. The Labute approximate surface area is 108 Å². The Balaban J connectivity index is 1.80. The molecule has 0 atom stereocenters. The number of nitrogens with zero attached hydrogens (tertiary/aromatic N) is 5. The number of halogens is 2. The van der Waals surface area contributed by atoms with E-state index in [9.17, 15) is 0 Å². The number of rotatable bonds is 5. The number of hydrogen-bond acceptors (Lipinski definition) is 5. The van der Waals surface area contributed by atoms with Crippen molar-refractivity contribution in [2.75, 3.05) is 11.9 Å². The van der Waals surface area contributed by atoms with E-state index < -0.39 is 0 Å². The van der Waals surface area contributed by atoms with E-state index in [1.165, 1.54) is 0 Å². The molecule has 0 aromatic carbocycles. The molecule has 17 heavy (non-hydrogen) atoms. The molecule has 0 radical (unpaired) electrons. The van der Waals surface area contributed by atoms with Crippen molar-refractivity contribution >= 4 is 29.0 Å². The Morgan fingerprint density at radius 2 is 2.18 bits per heavy atom. The summed E-state index contributed by atoms with van der Waals surface area (Å²) < 4.78 is 1.99. The maximum atomic E-state index is 5.80. The minimum absolute atomic E-state index is 0.0755. The van der Waals surface area contributed by atoms with Crippen LogP contribution in [0, 0.1) is 0 Å². The second-order valence-corrected chi connectivity index (χ2v) is 4.00. The maximum absolute atomic E-state index is 5.80. The molecule has 2 aromatic rings. The van der Waals surface area contributed by atoms with Crippen LogP contribution in [0.1, 0.15) is 6.42 Å². The monoisotopic (exact) mass is 272 g/mol. The topological polar surface area (TPSA) is 68.5 Å². The molecule has 0 aliphatic carbocycles. The summed E-state index contributed by atoms with van der Waals surface area (Å²) >= 11 is 11.4. The minimum atomic E-state index is 0.0755. The van der Waals surface area contributed by atoms with Gasteiger partial charge in [-0.3, -0.25) is 0 Å². The summed E-state index contributed by atoms with van der Waals surface area (Å²) in [7, 11) is 0. The van der Waals surface area contributed by atoms with E-state index in [1.54, 1.807) is 12.5 Å². The molecule has 0 saturated heterocycles. The molecule has 0 amide bonds. The first-order valence-electron chi connectivity index (χ1n) is 5.01. The molecule has 2 heterocycles. The lowest BCUT2D eigenvalue weighted by molar-refractivity contribution is 0.659. The molecule has 0 spiro atoms. The highest BCUT2D eigenvalue weighted by Crippen LogP contribution is 2.16. The van der Waals surface area contributed by atoms with Crippen molar-refractivity contribution in [3.63, 3.8) is 0 Å². The summed E-state index contributed by atoms with van der Waals surface area (Å²) in [4.78, 5) is 7.90. The van der Waals surface area contributed by atoms with Gasteiger partial charge in [0.1, 0.15) is 0 Å². The second-order valence-electron chi connectivity index (χ2n) is 3.30. The van der Waals surface area contributed by atoms with Crippen LogP contribution in [-0.4, -0.2) is 31.3 Å². The van der Waals surface area contributed by atoms with Gasteiger partial charge in [-0.05, 0) is 18.0 Å². The van der Waals surface area contributed by atoms with Crippen molar-refractivity contribution in [2.45, 2.75) is 13.0 Å². The van der Waals surface area contributed by atoms with Crippen LogP contribution in [0.25, 0.3) is 0 Å². The maximum Gasteiger partial charge on any atom is 0.245 e. The van der Waals surface area contributed by atoms with E-state index in [1.807, 2.05) is 10.8 Å². The number of nitrogens with one attached hydrogen (secondary N) is 1. The number of imidazole rings is 1. The fourth-order valence-electron chi connectivity index (χ4n) is 1.29. The molecule has 90 valence electrons. The Morgan fingerprint density at radius 1 is 1.29 bits per heavy atom. The number of aryl methyl sites for hydroxylation is 1. The third-order valence-corrected chi connectivity index (χ3v) is 2.48. The predicted octanol–water partition coefficient (Wildman–Crippen LogP) is 1.88. The van der Waals surface area contributed by atoms with Crippen LogP contribution in [0.2, 0.25) is 10.4 Å². The molecule has 0 aliphatic rings. The molecule has 2 aromatic heterocycles. The Bertz CT molecular complexity index is 472. The molecule has 0 unspecified atom stereocenters. The molecule has 0 aliphatic heterocycles. The largest absolute Gasteiger partial charge is 0.367 e. The van der Waals surface area contributed by atoms with Crippen molar-refractivity contribution in [1.29, 1.82) is 0 Å². The average Bonchev–Trinajstić information content (AvgIpc) is 2.82. The fourth-order valence-corrected chi connectivity index (χ4v) is 1.56. The van der Waals surface area contributed by atoms with Gasteiger partial charge in [-0.1, -0.05) is 11.6 Å². The molecular formula is C9H10Cl2N6. The van der Waals surface area contributed by atoms with E-state index in [0.29, 0.717) is 12.4 Å². The minimum Gasteiger partial charge on any atom is -0.367 e. The van der Waals surface area contributed by atoms with Crippen LogP contribution < -0.4 is 5.32 Å². The molecular weight excluding hydrogens is 263 g/mol. The summed E-state index contributed by atoms with van der Waals surface area (Å²) in [6.45, 7) is 1.59. The van der Waals surface area contributed by atoms with Crippen LogP contribution in [0.3, 0.4) is 0 Å². The van der Waals surface area contributed by atoms with Gasteiger partial charge in [-0.15, -0.1) is 10.2 Å². The molecule has 0 bridgehead atoms. The summed E-state index contributed by atoms with van der Waals surface area (Å²) in [5, 5.41) is 10.5. The average molecular weight is 273 g/mol. The van der Waals surface area contributed by atoms with Crippen LogP contribution in [-0.2, 0) is 6.54 Å². The SMILES string of the molecule is Clc1nnc(Cl)c(NCCCn2ccnc2)n1. The standard InChI is InChI=1S/C9H10Cl2N6/c10-7-8(14-9(11)16-15-7)13-2-1-4-17-5-3-12-6-17/h3,5-6H,1-2,4H2,(H,13,14,16). The van der Waals surface area contributed by atoms with E-state index in [4.69, 9.17) is 23.2 Å². The smallest absolute Gasteiger partial charge is 0.245 e. The summed E-state index contributed by atoms with van der Waals surface area (Å²) in [6, 6.07) is 0. The fraction of sp³-hybridized carbons (Fsp3) is 0.333. The van der Waals surface area contributed by atoms with Gasteiger partial charge in [0.2, 0.25) is 5.28 Å². The first-order chi connectivity index (χ1) is 8.25. The van der Waals surface area contributed by atoms with Crippen LogP contribution >= 0.6 is 23.2 Å². The Hall–Kier alpha value is -1.40. The van der Waals surface area contributed by atoms with Gasteiger partial charge in [-0.25, -0.2) is 4.98 Å². The van der Waals surface area contributed by atoms with E-state index in [0.717, 1.165) is 13.0 Å². The molecule has 0 fully saturated rings.